The number of ether oxygens (including phenoxy) is 1. The fraction of sp³-hybridized carbons (Fsp3) is 0.222. The summed E-state index contributed by atoms with van der Waals surface area (Å²) in [6, 6.07) is 3.01. The van der Waals surface area contributed by atoms with Gasteiger partial charge in [-0.05, 0) is 18.2 Å². The van der Waals surface area contributed by atoms with Crippen LogP contribution < -0.4 is 4.74 Å². The Labute approximate surface area is 91.4 Å². The Balaban J connectivity index is 2.96. The van der Waals surface area contributed by atoms with Crippen molar-refractivity contribution in [2.24, 2.45) is 0 Å². The van der Waals surface area contributed by atoms with Crippen LogP contribution in [0.5, 0.6) is 5.75 Å². The minimum absolute atomic E-state index is 0.187. The van der Waals surface area contributed by atoms with E-state index in [9.17, 15) is 17.6 Å². The van der Waals surface area contributed by atoms with Gasteiger partial charge in [0.2, 0.25) is 0 Å². The maximum atomic E-state index is 13.2. The van der Waals surface area contributed by atoms with Crippen LogP contribution in [0.3, 0.4) is 0 Å². The second kappa shape index (κ2) is 4.48. The van der Waals surface area contributed by atoms with Crippen LogP contribution in [-0.4, -0.2) is 32.4 Å². The number of carboxylic acids is 1. The molecule has 0 unspecified atom stereocenters. The van der Waals surface area contributed by atoms with E-state index in [-0.39, 0.29) is 10.6 Å². The van der Waals surface area contributed by atoms with Crippen LogP contribution in [0.15, 0.2) is 23.1 Å². The largest absolute Gasteiger partial charge is 0.479 e. The fourth-order valence-electron chi connectivity index (χ4n) is 0.969. The number of carbonyl (C=O) groups is 1. The first-order valence-electron chi connectivity index (χ1n) is 4.15. The number of hydrogen-bond donors (Lipinski definition) is 1. The predicted molar refractivity (Wildman–Crippen MR) is 52.6 cm³/mol. The Bertz CT molecular complexity index is 509. The summed E-state index contributed by atoms with van der Waals surface area (Å²) < 4.78 is 40.0. The molecule has 1 aromatic carbocycles. The number of carboxylic acid groups (broad SMARTS) is 1. The summed E-state index contributed by atoms with van der Waals surface area (Å²) in [6.07, 6.45) is 0.944. The minimum Gasteiger partial charge on any atom is -0.479 e. The molecule has 5 nitrogen and oxygen atoms in total. The first-order chi connectivity index (χ1) is 7.30. The molecule has 0 saturated heterocycles. The van der Waals surface area contributed by atoms with Gasteiger partial charge in [0, 0.05) is 6.26 Å². The molecular formula is C9H9FO5S. The molecule has 0 aromatic heterocycles. The lowest BCUT2D eigenvalue weighted by Crippen LogP contribution is -2.10. The standard InChI is InChI=1S/C9H9FO5S/c1-16(13,14)6-2-3-8(7(10)4-6)15-5-9(11)12/h2-4H,5H2,1H3,(H,11,12). The minimum atomic E-state index is -3.49. The topological polar surface area (TPSA) is 80.7 Å². The molecular weight excluding hydrogens is 239 g/mol. The zero-order valence-electron chi connectivity index (χ0n) is 8.31. The first kappa shape index (κ1) is 12.4. The Morgan fingerprint density at radius 1 is 1.50 bits per heavy atom. The van der Waals surface area contributed by atoms with Gasteiger partial charge in [-0.3, -0.25) is 0 Å². The number of hydrogen-bond acceptors (Lipinski definition) is 4. The molecule has 0 aliphatic rings. The third kappa shape index (κ3) is 3.20. The third-order valence-corrected chi connectivity index (χ3v) is 2.79. The highest BCUT2D eigenvalue weighted by molar-refractivity contribution is 7.90. The normalized spacial score (nSPS) is 11.1. The summed E-state index contributed by atoms with van der Waals surface area (Å²) in [4.78, 5) is 9.98. The van der Waals surface area contributed by atoms with E-state index in [0.29, 0.717) is 0 Å². The van der Waals surface area contributed by atoms with E-state index in [1.165, 1.54) is 0 Å². The van der Waals surface area contributed by atoms with Crippen molar-refractivity contribution in [3.63, 3.8) is 0 Å². The maximum absolute atomic E-state index is 13.2. The van der Waals surface area contributed by atoms with Crippen LogP contribution in [-0.2, 0) is 14.6 Å². The summed E-state index contributed by atoms with van der Waals surface area (Å²) in [7, 11) is -3.49. The smallest absolute Gasteiger partial charge is 0.341 e. The molecule has 1 N–H and O–H groups in total. The molecule has 0 amide bonds. The summed E-state index contributed by atoms with van der Waals surface area (Å²) in [5.74, 6) is -2.45. The summed E-state index contributed by atoms with van der Waals surface area (Å²) in [5, 5.41) is 8.31. The van der Waals surface area contributed by atoms with Crippen molar-refractivity contribution in [2.75, 3.05) is 12.9 Å². The van der Waals surface area contributed by atoms with Crippen molar-refractivity contribution in [2.45, 2.75) is 4.90 Å². The van der Waals surface area contributed by atoms with Crippen LogP contribution in [0.2, 0.25) is 0 Å². The Morgan fingerprint density at radius 2 is 2.12 bits per heavy atom. The highest BCUT2D eigenvalue weighted by Crippen LogP contribution is 2.20. The third-order valence-electron chi connectivity index (χ3n) is 1.68. The van der Waals surface area contributed by atoms with E-state index in [2.05, 4.69) is 4.74 Å². The Hall–Kier alpha value is -1.63. The molecule has 88 valence electrons. The molecule has 0 bridgehead atoms. The lowest BCUT2D eigenvalue weighted by molar-refractivity contribution is -0.139. The van der Waals surface area contributed by atoms with E-state index < -0.39 is 28.2 Å². The van der Waals surface area contributed by atoms with Gasteiger partial charge >= 0.3 is 5.97 Å². The van der Waals surface area contributed by atoms with Crippen molar-refractivity contribution in [1.29, 1.82) is 0 Å². The van der Waals surface area contributed by atoms with E-state index in [1.807, 2.05) is 0 Å². The zero-order valence-corrected chi connectivity index (χ0v) is 9.12. The molecule has 0 fully saturated rings. The molecule has 0 atom stereocenters. The average molecular weight is 248 g/mol. The lowest BCUT2D eigenvalue weighted by Gasteiger charge is -2.05. The van der Waals surface area contributed by atoms with Crippen molar-refractivity contribution in [3.8, 4) is 5.75 Å². The fourth-order valence-corrected chi connectivity index (χ4v) is 1.60. The van der Waals surface area contributed by atoms with Gasteiger partial charge in [-0.25, -0.2) is 17.6 Å². The van der Waals surface area contributed by atoms with Crippen molar-refractivity contribution in [1.82, 2.24) is 0 Å². The van der Waals surface area contributed by atoms with E-state index >= 15 is 0 Å². The number of sulfone groups is 1. The monoisotopic (exact) mass is 248 g/mol. The van der Waals surface area contributed by atoms with Crippen molar-refractivity contribution in [3.05, 3.63) is 24.0 Å². The average Bonchev–Trinajstić information content (AvgIpc) is 2.14. The summed E-state index contributed by atoms with van der Waals surface area (Å²) >= 11 is 0. The van der Waals surface area contributed by atoms with E-state index in [4.69, 9.17) is 5.11 Å². The van der Waals surface area contributed by atoms with Crippen LogP contribution in [0.25, 0.3) is 0 Å². The number of halogens is 1. The zero-order chi connectivity index (χ0) is 12.3. The lowest BCUT2D eigenvalue weighted by atomic mass is 10.3. The molecule has 16 heavy (non-hydrogen) atoms. The molecule has 1 rings (SSSR count). The number of rotatable bonds is 4. The van der Waals surface area contributed by atoms with E-state index in [0.717, 1.165) is 24.5 Å². The predicted octanol–water partition coefficient (Wildman–Crippen LogP) is 0.693. The van der Waals surface area contributed by atoms with Gasteiger partial charge in [-0.15, -0.1) is 0 Å². The van der Waals surface area contributed by atoms with Crippen LogP contribution in [0.4, 0.5) is 4.39 Å². The highest BCUT2D eigenvalue weighted by Gasteiger charge is 2.12. The SMILES string of the molecule is CS(=O)(=O)c1ccc(OCC(=O)O)c(F)c1. The summed E-state index contributed by atoms with van der Waals surface area (Å²) in [5.41, 5.74) is 0. The van der Waals surface area contributed by atoms with Crippen LogP contribution in [0.1, 0.15) is 0 Å². The summed E-state index contributed by atoms with van der Waals surface area (Å²) in [6.45, 7) is -0.685. The van der Waals surface area contributed by atoms with Crippen LogP contribution >= 0.6 is 0 Å². The Kier molecular flexibility index (Phi) is 3.48. The van der Waals surface area contributed by atoms with Crippen molar-refractivity contribution < 1.29 is 27.4 Å². The van der Waals surface area contributed by atoms with Gasteiger partial charge < -0.3 is 9.84 Å². The van der Waals surface area contributed by atoms with Crippen LogP contribution in [0, 0.1) is 5.82 Å². The Morgan fingerprint density at radius 3 is 2.56 bits per heavy atom. The first-order valence-corrected chi connectivity index (χ1v) is 6.04. The molecule has 7 heteroatoms. The highest BCUT2D eigenvalue weighted by atomic mass is 32.2. The molecule has 0 heterocycles. The number of benzene rings is 1. The van der Waals surface area contributed by atoms with Gasteiger partial charge in [-0.1, -0.05) is 0 Å². The maximum Gasteiger partial charge on any atom is 0.341 e. The van der Waals surface area contributed by atoms with Gasteiger partial charge in [0.05, 0.1) is 4.90 Å². The second-order valence-corrected chi connectivity index (χ2v) is 5.06. The van der Waals surface area contributed by atoms with Gasteiger partial charge in [0.15, 0.2) is 28.0 Å². The van der Waals surface area contributed by atoms with Gasteiger partial charge in [0.1, 0.15) is 0 Å². The number of aliphatic carboxylic acids is 1. The van der Waals surface area contributed by atoms with Gasteiger partial charge in [0.25, 0.3) is 0 Å². The van der Waals surface area contributed by atoms with E-state index in [1.54, 1.807) is 0 Å². The van der Waals surface area contributed by atoms with Crippen molar-refractivity contribution >= 4 is 15.8 Å². The molecule has 0 saturated carbocycles. The molecule has 1 aromatic rings. The quantitative estimate of drug-likeness (QED) is 0.848. The molecule has 0 aliphatic carbocycles. The molecule has 0 radical (unpaired) electrons. The molecule has 0 spiro atoms. The second-order valence-electron chi connectivity index (χ2n) is 3.05. The van der Waals surface area contributed by atoms with Gasteiger partial charge in [-0.2, -0.15) is 0 Å². The molecule has 0 aliphatic heterocycles.